The van der Waals surface area contributed by atoms with Crippen molar-refractivity contribution >= 4 is 11.3 Å². The molecule has 6 nitrogen and oxygen atoms in total. The molecule has 0 aliphatic carbocycles. The largest absolute Gasteiger partial charge is 0.359 e. The van der Waals surface area contributed by atoms with Crippen LogP contribution < -0.4 is 4.72 Å². The van der Waals surface area contributed by atoms with Crippen LogP contribution >= 0.6 is 0 Å². The molecule has 0 bridgehead atoms. The summed E-state index contributed by atoms with van der Waals surface area (Å²) in [6.07, 6.45) is 1.92. The number of halogens is 1. The fraction of sp³-hybridized carbons (Fsp3) is 0.318. The highest BCUT2D eigenvalue weighted by atomic mass is 32.2. The first-order valence-corrected chi connectivity index (χ1v) is 11.0. The van der Waals surface area contributed by atoms with Crippen LogP contribution in [0, 0.1) is 5.82 Å². The van der Waals surface area contributed by atoms with Gasteiger partial charge in [0.2, 0.25) is 11.3 Å². The van der Waals surface area contributed by atoms with Crippen molar-refractivity contribution in [2.75, 3.05) is 13.1 Å². The summed E-state index contributed by atoms with van der Waals surface area (Å²) in [5.41, 5.74) is 3.37. The number of benzene rings is 2. The van der Waals surface area contributed by atoms with Crippen molar-refractivity contribution in [3.05, 3.63) is 77.3 Å². The molecule has 1 aromatic heterocycles. The van der Waals surface area contributed by atoms with Crippen molar-refractivity contribution in [1.82, 2.24) is 14.8 Å². The van der Waals surface area contributed by atoms with Crippen LogP contribution in [0.5, 0.6) is 0 Å². The maximum Gasteiger partial charge on any atom is 0.232 e. The quantitative estimate of drug-likeness (QED) is 0.553. The maximum absolute atomic E-state index is 14.0. The smallest absolute Gasteiger partial charge is 0.232 e. The minimum atomic E-state index is -2.16. The molecule has 4 rings (SSSR count). The van der Waals surface area contributed by atoms with Crippen molar-refractivity contribution in [2.24, 2.45) is 0 Å². The summed E-state index contributed by atoms with van der Waals surface area (Å²) in [7, 11) is 0. The number of aromatic nitrogens is 1. The minimum absolute atomic E-state index is 0.0247. The molecule has 2 heterocycles. The van der Waals surface area contributed by atoms with E-state index in [0.717, 1.165) is 48.5 Å². The highest BCUT2D eigenvalue weighted by Crippen LogP contribution is 2.30. The molecule has 1 unspecified atom stereocenters. The third kappa shape index (κ3) is 5.20. The van der Waals surface area contributed by atoms with Crippen molar-refractivity contribution in [2.45, 2.75) is 31.8 Å². The highest BCUT2D eigenvalue weighted by molar-refractivity contribution is 7.77. The third-order valence-corrected chi connectivity index (χ3v) is 5.91. The summed E-state index contributed by atoms with van der Waals surface area (Å²) in [6, 6.07) is 17.0. The maximum atomic E-state index is 14.0. The predicted molar refractivity (Wildman–Crippen MR) is 113 cm³/mol. The SMILES string of the molecule is O=S(O)NCc1cc(C2CCN(Cc3cc(-c4ccccc4)no3)CC2)ccc1F. The standard InChI is InChI=1S/C22H24FN3O3S/c23-21-7-6-18(12-19(21)14-24-30(27)28)16-8-10-26(11-9-16)15-20-13-22(25-29-20)17-4-2-1-3-5-17/h1-7,12-13,16,24H,8-11,14-15H2,(H,27,28). The van der Waals surface area contributed by atoms with Gasteiger partial charge in [-0.05, 0) is 43.5 Å². The van der Waals surface area contributed by atoms with E-state index in [4.69, 9.17) is 9.08 Å². The molecule has 8 heteroatoms. The molecule has 1 fully saturated rings. The second-order valence-electron chi connectivity index (χ2n) is 7.52. The van der Waals surface area contributed by atoms with E-state index in [1.807, 2.05) is 42.5 Å². The van der Waals surface area contributed by atoms with E-state index in [-0.39, 0.29) is 12.4 Å². The lowest BCUT2D eigenvalue weighted by molar-refractivity contribution is 0.184. The summed E-state index contributed by atoms with van der Waals surface area (Å²) in [6.45, 7) is 2.57. The Kier molecular flexibility index (Phi) is 6.69. The molecule has 0 spiro atoms. The zero-order valence-electron chi connectivity index (χ0n) is 16.5. The van der Waals surface area contributed by atoms with Gasteiger partial charge in [-0.15, -0.1) is 0 Å². The van der Waals surface area contributed by atoms with Crippen molar-refractivity contribution in [3.8, 4) is 11.3 Å². The van der Waals surface area contributed by atoms with Gasteiger partial charge in [0, 0.05) is 23.7 Å². The van der Waals surface area contributed by atoms with Gasteiger partial charge < -0.3 is 4.52 Å². The van der Waals surface area contributed by atoms with E-state index in [2.05, 4.69) is 14.8 Å². The van der Waals surface area contributed by atoms with Gasteiger partial charge in [-0.25, -0.2) is 13.3 Å². The molecule has 2 N–H and O–H groups in total. The second kappa shape index (κ2) is 9.61. The van der Waals surface area contributed by atoms with Crippen LogP contribution in [-0.4, -0.2) is 31.9 Å². The first kappa shape index (κ1) is 20.9. The molecule has 0 saturated carbocycles. The average Bonchev–Trinajstić information content (AvgIpc) is 3.23. The lowest BCUT2D eigenvalue weighted by Gasteiger charge is -2.31. The monoisotopic (exact) mass is 429 g/mol. The van der Waals surface area contributed by atoms with Gasteiger partial charge in [-0.2, -0.15) is 0 Å². The molecule has 1 atom stereocenters. The molecule has 0 amide bonds. The van der Waals surface area contributed by atoms with Crippen LogP contribution in [0.1, 0.15) is 35.6 Å². The van der Waals surface area contributed by atoms with Crippen LogP contribution in [0.25, 0.3) is 11.3 Å². The van der Waals surface area contributed by atoms with Gasteiger partial charge in [0.25, 0.3) is 0 Å². The minimum Gasteiger partial charge on any atom is -0.359 e. The van der Waals surface area contributed by atoms with Crippen molar-refractivity contribution in [3.63, 3.8) is 0 Å². The van der Waals surface area contributed by atoms with Crippen LogP contribution in [0.3, 0.4) is 0 Å². The number of likely N-dealkylation sites (tertiary alicyclic amines) is 1. The van der Waals surface area contributed by atoms with E-state index in [1.165, 1.54) is 6.07 Å². The normalized spacial score (nSPS) is 16.6. The van der Waals surface area contributed by atoms with Gasteiger partial charge in [0.15, 0.2) is 5.76 Å². The Morgan fingerprint density at radius 2 is 1.93 bits per heavy atom. The Morgan fingerprint density at radius 1 is 1.17 bits per heavy atom. The lowest BCUT2D eigenvalue weighted by atomic mass is 9.88. The van der Waals surface area contributed by atoms with Crippen molar-refractivity contribution in [1.29, 1.82) is 0 Å². The Morgan fingerprint density at radius 3 is 2.67 bits per heavy atom. The van der Waals surface area contributed by atoms with Crippen LogP contribution in [0.15, 0.2) is 59.1 Å². The molecule has 2 aromatic carbocycles. The summed E-state index contributed by atoms with van der Waals surface area (Å²) >= 11 is -2.16. The Bertz CT molecular complexity index is 1000. The van der Waals surface area contributed by atoms with Gasteiger partial charge in [0.1, 0.15) is 11.5 Å². The molecular formula is C22H24FN3O3S. The molecule has 30 heavy (non-hydrogen) atoms. The van der Waals surface area contributed by atoms with E-state index in [0.29, 0.717) is 18.0 Å². The van der Waals surface area contributed by atoms with Gasteiger partial charge in [-0.3, -0.25) is 9.45 Å². The number of nitrogens with one attached hydrogen (secondary N) is 1. The summed E-state index contributed by atoms with van der Waals surface area (Å²) < 4.78 is 41.5. The van der Waals surface area contributed by atoms with Crippen LogP contribution in [-0.2, 0) is 24.4 Å². The summed E-state index contributed by atoms with van der Waals surface area (Å²) in [5.74, 6) is 0.822. The lowest BCUT2D eigenvalue weighted by Crippen LogP contribution is -2.32. The molecule has 0 radical (unpaired) electrons. The van der Waals surface area contributed by atoms with Gasteiger partial charge in [0.05, 0.1) is 6.54 Å². The number of hydrogen-bond acceptors (Lipinski definition) is 4. The van der Waals surface area contributed by atoms with E-state index in [1.54, 1.807) is 6.07 Å². The topological polar surface area (TPSA) is 78.6 Å². The number of rotatable bonds is 7. The Labute approximate surface area is 177 Å². The number of hydrogen-bond donors (Lipinski definition) is 2. The second-order valence-corrected chi connectivity index (χ2v) is 8.30. The number of nitrogens with zero attached hydrogens (tertiary/aromatic N) is 2. The predicted octanol–water partition coefficient (Wildman–Crippen LogP) is 4.09. The molecule has 158 valence electrons. The first-order valence-electron chi connectivity index (χ1n) is 9.94. The van der Waals surface area contributed by atoms with Crippen LogP contribution in [0.4, 0.5) is 4.39 Å². The summed E-state index contributed by atoms with van der Waals surface area (Å²) in [4.78, 5) is 2.34. The van der Waals surface area contributed by atoms with Gasteiger partial charge >= 0.3 is 0 Å². The zero-order chi connectivity index (χ0) is 20.9. The fourth-order valence-corrected chi connectivity index (χ4v) is 4.18. The first-order chi connectivity index (χ1) is 14.6. The van der Waals surface area contributed by atoms with Crippen LogP contribution in [0.2, 0.25) is 0 Å². The molecule has 3 aromatic rings. The Hall–Kier alpha value is -2.39. The fourth-order valence-electron chi connectivity index (χ4n) is 3.90. The number of piperidine rings is 1. The van der Waals surface area contributed by atoms with E-state index in [9.17, 15) is 8.60 Å². The molecule has 1 saturated heterocycles. The highest BCUT2D eigenvalue weighted by Gasteiger charge is 2.22. The molecular weight excluding hydrogens is 405 g/mol. The van der Waals surface area contributed by atoms with Gasteiger partial charge in [-0.1, -0.05) is 47.6 Å². The van der Waals surface area contributed by atoms with E-state index >= 15 is 0 Å². The zero-order valence-corrected chi connectivity index (χ0v) is 17.3. The Balaban J connectivity index is 1.34. The molecule has 1 aliphatic rings. The molecule has 1 aliphatic heterocycles. The summed E-state index contributed by atoms with van der Waals surface area (Å²) in [5, 5.41) is 4.18. The van der Waals surface area contributed by atoms with Crippen molar-refractivity contribution < 1.29 is 17.7 Å². The van der Waals surface area contributed by atoms with E-state index < -0.39 is 11.3 Å². The third-order valence-electron chi connectivity index (χ3n) is 5.52. The average molecular weight is 430 g/mol.